The molecule has 384 valence electrons. The molecule has 4 aliphatic rings. The summed E-state index contributed by atoms with van der Waals surface area (Å²) < 4.78 is 53.1. The number of rotatable bonds is 13. The predicted octanol–water partition coefficient (Wildman–Crippen LogP) is 3.82. The van der Waals surface area contributed by atoms with E-state index in [9.17, 15) is 61.5 Å². The van der Waals surface area contributed by atoms with Gasteiger partial charge in [0.05, 0.1) is 35.3 Å². The third kappa shape index (κ3) is 11.3. The predicted molar refractivity (Wildman–Crippen MR) is 258 cm³/mol. The van der Waals surface area contributed by atoms with Crippen molar-refractivity contribution in [2.75, 3.05) is 39.4 Å². The first-order chi connectivity index (χ1) is 34.5. The van der Waals surface area contributed by atoms with E-state index >= 15 is 0 Å². The molecule has 2 unspecified atom stereocenters. The molecule has 3 aromatic carbocycles. The van der Waals surface area contributed by atoms with E-state index in [1.165, 1.54) is 29.2 Å². The zero-order valence-electron chi connectivity index (χ0n) is 39.7. The first-order valence-electron chi connectivity index (χ1n) is 23.3. The van der Waals surface area contributed by atoms with Crippen LogP contribution < -0.4 is 16.0 Å². The molecular weight excluding hydrogens is 994 g/mol. The van der Waals surface area contributed by atoms with Crippen molar-refractivity contribution in [1.29, 1.82) is 0 Å². The summed E-state index contributed by atoms with van der Waals surface area (Å²) in [6.45, 7) is 5.34. The van der Waals surface area contributed by atoms with Crippen LogP contribution in [0.15, 0.2) is 72.8 Å². The SMILES string of the molecule is CC(C)(C)C(NC(=O)c1cc2cc(C(F)(F)P(=O)(O)O)ccc2s1)C(=O)N1C[C@@H](OCC(=O)NCCC#Cc2ccc3c(c2)C(=O)N(C2CCC(=O)NC2=O)C3=O)C[C@H]1C(=O)N1CCO[C@H](c2ccccc2)C1. The van der Waals surface area contributed by atoms with Gasteiger partial charge in [-0.25, -0.2) is 0 Å². The second-order valence-corrected chi connectivity index (χ2v) is 21.8. The largest absolute Gasteiger partial charge is 0.399 e. The van der Waals surface area contributed by atoms with Gasteiger partial charge in [0.25, 0.3) is 17.7 Å². The Hall–Kier alpha value is -6.73. The molecule has 5 N–H and O–H groups in total. The van der Waals surface area contributed by atoms with Crippen LogP contribution in [0, 0.1) is 17.3 Å². The van der Waals surface area contributed by atoms with E-state index in [0.29, 0.717) is 10.3 Å². The average molecular weight is 1050 g/mol. The van der Waals surface area contributed by atoms with Gasteiger partial charge < -0.3 is 39.7 Å². The minimum atomic E-state index is -5.87. The van der Waals surface area contributed by atoms with Gasteiger partial charge in [0.2, 0.25) is 29.5 Å². The minimum absolute atomic E-state index is 0.00852. The van der Waals surface area contributed by atoms with E-state index in [0.717, 1.165) is 33.9 Å². The second-order valence-electron chi connectivity index (χ2n) is 19.1. The van der Waals surface area contributed by atoms with Crippen molar-refractivity contribution in [3.63, 3.8) is 0 Å². The van der Waals surface area contributed by atoms with Crippen molar-refractivity contribution in [3.05, 3.63) is 105 Å². The lowest BCUT2D eigenvalue weighted by atomic mass is 9.85. The Morgan fingerprint density at radius 3 is 2.42 bits per heavy atom. The Morgan fingerprint density at radius 1 is 0.973 bits per heavy atom. The molecule has 73 heavy (non-hydrogen) atoms. The summed E-state index contributed by atoms with van der Waals surface area (Å²) in [5.41, 5.74) is -4.90. The number of morpholine rings is 1. The number of imide groups is 2. The summed E-state index contributed by atoms with van der Waals surface area (Å²) in [5.74, 6) is 1.07. The summed E-state index contributed by atoms with van der Waals surface area (Å²) in [4.78, 5) is 129. The molecule has 1 aromatic heterocycles. The quantitative estimate of drug-likeness (QED) is 0.0553. The summed E-state index contributed by atoms with van der Waals surface area (Å²) in [6.07, 6.45) is -1.03. The highest BCUT2D eigenvalue weighted by Gasteiger charge is 2.51. The van der Waals surface area contributed by atoms with Gasteiger partial charge in [-0.15, -0.1) is 11.3 Å². The number of carbonyl (C=O) groups excluding carboxylic acids is 8. The molecule has 8 amide bonds. The number of hydrogen-bond acceptors (Lipinski definition) is 12. The number of hydrogen-bond donors (Lipinski definition) is 5. The number of amides is 8. The highest BCUT2D eigenvalue weighted by atomic mass is 32.1. The summed E-state index contributed by atoms with van der Waals surface area (Å²) in [7, 11) is -5.87. The van der Waals surface area contributed by atoms with Crippen LogP contribution in [-0.4, -0.2) is 135 Å². The molecule has 5 heterocycles. The normalized spacial score (nSPS) is 20.8. The van der Waals surface area contributed by atoms with Crippen molar-refractivity contribution < 1.29 is 71.0 Å². The number of fused-ring (bicyclic) bond motifs is 2. The van der Waals surface area contributed by atoms with Gasteiger partial charge in [-0.1, -0.05) is 69.0 Å². The van der Waals surface area contributed by atoms with Gasteiger partial charge in [-0.3, -0.25) is 53.1 Å². The Kier molecular flexibility index (Phi) is 15.1. The third-order valence-electron chi connectivity index (χ3n) is 12.9. The number of halogens is 2. The summed E-state index contributed by atoms with van der Waals surface area (Å²) in [5, 5.41) is 7.78. The number of thiophene rings is 1. The molecule has 23 heteroatoms. The van der Waals surface area contributed by atoms with E-state index < -0.39 is 103 Å². The maximum absolute atomic E-state index is 14.8. The molecule has 5 atom stereocenters. The van der Waals surface area contributed by atoms with Crippen molar-refractivity contribution in [1.82, 2.24) is 30.7 Å². The molecule has 19 nitrogen and oxygen atoms in total. The van der Waals surface area contributed by atoms with Crippen LogP contribution in [0.3, 0.4) is 0 Å². The highest BCUT2D eigenvalue weighted by Crippen LogP contribution is 2.59. The van der Waals surface area contributed by atoms with Gasteiger partial charge >= 0.3 is 13.3 Å². The molecule has 3 saturated heterocycles. The van der Waals surface area contributed by atoms with Crippen LogP contribution in [0.1, 0.15) is 99.6 Å². The maximum Gasteiger partial charge on any atom is 0.399 e. The minimum Gasteiger partial charge on any atom is -0.370 e. The van der Waals surface area contributed by atoms with E-state index in [4.69, 9.17) is 9.47 Å². The molecule has 0 radical (unpaired) electrons. The van der Waals surface area contributed by atoms with Crippen LogP contribution in [0.2, 0.25) is 0 Å². The van der Waals surface area contributed by atoms with E-state index in [1.807, 2.05) is 30.3 Å². The molecular formula is C50H51F2N6O13PS. The molecule has 4 aromatic rings. The molecule has 0 spiro atoms. The first-order valence-corrected chi connectivity index (χ1v) is 25.7. The molecule has 3 fully saturated rings. The third-order valence-corrected chi connectivity index (χ3v) is 15.0. The summed E-state index contributed by atoms with van der Waals surface area (Å²) >= 11 is 0.922. The topological polar surface area (TPSA) is 258 Å². The van der Waals surface area contributed by atoms with Crippen LogP contribution >= 0.6 is 18.9 Å². The molecule has 4 aliphatic heterocycles. The lowest BCUT2D eigenvalue weighted by Gasteiger charge is -2.38. The Labute approximate surface area is 421 Å². The van der Waals surface area contributed by atoms with Crippen LogP contribution in [0.5, 0.6) is 0 Å². The average Bonchev–Trinajstić information content (AvgIpc) is 4.05. The highest BCUT2D eigenvalue weighted by molar-refractivity contribution is 7.52. The zero-order chi connectivity index (χ0) is 52.6. The lowest BCUT2D eigenvalue weighted by molar-refractivity contribution is -0.150. The molecule has 0 aliphatic carbocycles. The lowest BCUT2D eigenvalue weighted by Crippen LogP contribution is -2.58. The van der Waals surface area contributed by atoms with Crippen LogP contribution in [0.25, 0.3) is 10.1 Å². The first kappa shape index (κ1) is 52.6. The van der Waals surface area contributed by atoms with Crippen LogP contribution in [-0.2, 0) is 43.7 Å². The van der Waals surface area contributed by atoms with Crippen molar-refractivity contribution in [2.45, 2.75) is 82.5 Å². The molecule has 8 rings (SSSR count). The van der Waals surface area contributed by atoms with Gasteiger partial charge in [0.15, 0.2) is 0 Å². The Balaban J connectivity index is 0.920. The second kappa shape index (κ2) is 21.0. The van der Waals surface area contributed by atoms with E-state index in [-0.39, 0.29) is 85.8 Å². The number of alkyl halides is 2. The number of benzene rings is 3. The molecule has 0 bridgehead atoms. The number of nitrogens with zero attached hydrogens (tertiary/aromatic N) is 3. The van der Waals surface area contributed by atoms with Gasteiger partial charge in [-0.2, -0.15) is 8.78 Å². The van der Waals surface area contributed by atoms with Crippen molar-refractivity contribution >= 4 is 76.3 Å². The van der Waals surface area contributed by atoms with Crippen LogP contribution in [0.4, 0.5) is 8.78 Å². The Morgan fingerprint density at radius 2 is 1.71 bits per heavy atom. The number of carbonyl (C=O) groups is 8. The fraction of sp³-hybridized carbons (Fsp3) is 0.400. The van der Waals surface area contributed by atoms with Crippen molar-refractivity contribution in [3.8, 4) is 11.8 Å². The van der Waals surface area contributed by atoms with E-state index in [2.05, 4.69) is 27.8 Å². The fourth-order valence-corrected chi connectivity index (χ4v) is 10.5. The monoisotopic (exact) mass is 1040 g/mol. The fourth-order valence-electron chi connectivity index (χ4n) is 9.07. The van der Waals surface area contributed by atoms with Gasteiger partial charge in [-0.05, 0) is 59.2 Å². The number of nitrogens with one attached hydrogen (secondary N) is 3. The van der Waals surface area contributed by atoms with Crippen molar-refractivity contribution in [2.24, 2.45) is 5.41 Å². The van der Waals surface area contributed by atoms with E-state index in [1.54, 1.807) is 31.7 Å². The number of ether oxygens (including phenoxy) is 2. The number of likely N-dealkylation sites (tertiary alicyclic amines) is 1. The summed E-state index contributed by atoms with van der Waals surface area (Å²) in [6, 6.07) is 14.7. The zero-order valence-corrected chi connectivity index (χ0v) is 41.4. The number of piperidine rings is 1. The maximum atomic E-state index is 14.8. The Bertz CT molecular complexity index is 3020. The van der Waals surface area contributed by atoms with Gasteiger partial charge in [0, 0.05) is 54.7 Å². The molecule has 0 saturated carbocycles. The van der Waals surface area contributed by atoms with Gasteiger partial charge in [0.1, 0.15) is 30.8 Å². The standard InChI is InChI=1S/C50H51F2N6O13PS/c1-49(2,3)42(55-44(62)39-23-30-22-31(13-16-38(30)73-39)50(51,52)72(67,68)69)48(66)57-25-32(24-36(57)47(65)56-19-20-70-37(26-56)29-10-5-4-6-11-29)71-27-41(60)53-18-8-7-9-28-12-14-33-34(21-28)46(64)58(45(33)63)35-15-17-40(59)54-43(35)61/h4-6,10-14,16,21-23,32,35-37,42H,8,15,17-20,24-27H2,1-3H3,(H,53,60)(H,55,62)(H,54,59,61)(H2,67,68,69)/t32-,35?,36-,37-,42?/m0/s1. The smallest absolute Gasteiger partial charge is 0.370 e.